The predicted octanol–water partition coefficient (Wildman–Crippen LogP) is 6.34. The zero-order valence-electron chi connectivity index (χ0n) is 27.0. The largest absolute Gasteiger partial charge is 0.478 e. The van der Waals surface area contributed by atoms with Gasteiger partial charge in [-0.3, -0.25) is 34.7 Å². The summed E-state index contributed by atoms with van der Waals surface area (Å²) in [5.41, 5.74) is 4.65. The van der Waals surface area contributed by atoms with Gasteiger partial charge in [0.2, 0.25) is 0 Å². The first-order valence-corrected chi connectivity index (χ1v) is 14.7. The normalized spacial score (nSPS) is 9.36. The number of nitrogens with one attached hydrogen (secondary N) is 1. The Bertz CT molecular complexity index is 1660. The Balaban J connectivity index is 0.000000401. The second kappa shape index (κ2) is 24.6. The molecule has 6 rings (SSSR count). The van der Waals surface area contributed by atoms with Gasteiger partial charge in [0.1, 0.15) is 0 Å². The Hall–Kier alpha value is -5.51. The minimum atomic E-state index is -0.919. The molecule has 0 spiro atoms. The minimum absolute atomic E-state index is 0. The van der Waals surface area contributed by atoms with Gasteiger partial charge in [-0.25, -0.2) is 4.79 Å². The average Bonchev–Trinajstić information content (AvgIpc) is 3.14. The number of rotatable bonds is 10. The molecule has 11 nitrogen and oxygen atoms in total. The van der Waals surface area contributed by atoms with Crippen LogP contribution in [-0.2, 0) is 47.2 Å². The van der Waals surface area contributed by atoms with Crippen LogP contribution in [0.2, 0.25) is 0 Å². The number of aromatic nitrogens is 6. The summed E-state index contributed by atoms with van der Waals surface area (Å²) in [6.07, 6.45) is 13.2. The summed E-state index contributed by atoms with van der Waals surface area (Å²) in [5, 5.41) is 11.6. The van der Waals surface area contributed by atoms with Crippen LogP contribution in [0.5, 0.6) is 0 Å². The van der Waals surface area contributed by atoms with E-state index in [9.17, 15) is 9.59 Å². The van der Waals surface area contributed by atoms with E-state index in [1.807, 2.05) is 72.8 Å². The smallest absolute Gasteiger partial charge is 0.335 e. The number of amides is 1. The maximum atomic E-state index is 12.8. The second-order valence-electron chi connectivity index (χ2n) is 9.83. The summed E-state index contributed by atoms with van der Waals surface area (Å²) in [4.78, 5) is 49.4. The summed E-state index contributed by atoms with van der Waals surface area (Å²) >= 11 is 0. The van der Waals surface area contributed by atoms with Crippen molar-refractivity contribution in [3.63, 3.8) is 0 Å². The molecule has 0 unspecified atom stereocenters. The van der Waals surface area contributed by atoms with E-state index in [2.05, 4.69) is 35.2 Å². The van der Waals surface area contributed by atoms with Crippen molar-refractivity contribution in [3.05, 3.63) is 188 Å². The van der Waals surface area contributed by atoms with E-state index in [0.29, 0.717) is 18.7 Å². The Morgan fingerprint density at radius 3 is 1.22 bits per heavy atom. The van der Waals surface area contributed by atoms with Crippen molar-refractivity contribution in [2.75, 3.05) is 0 Å². The predicted molar refractivity (Wildman–Crippen MR) is 190 cm³/mol. The maximum Gasteiger partial charge on any atom is 0.335 e. The third kappa shape index (κ3) is 15.6. The molecule has 6 heterocycles. The molecule has 6 aromatic heterocycles. The number of carboxylic acid groups (broad SMARTS) is 1. The summed E-state index contributed by atoms with van der Waals surface area (Å²) in [7, 11) is 0. The molecule has 0 bridgehead atoms. The fourth-order valence-corrected chi connectivity index (χ4v) is 4.07. The fraction of sp³-hybridized carbons (Fsp3) is 0.132. The Morgan fingerprint density at radius 1 is 0.540 bits per heavy atom. The molecule has 0 aliphatic rings. The van der Waals surface area contributed by atoms with Gasteiger partial charge in [-0.05, 0) is 72.8 Å². The van der Waals surface area contributed by atoms with E-state index < -0.39 is 5.97 Å². The van der Waals surface area contributed by atoms with Crippen molar-refractivity contribution in [3.8, 4) is 0 Å². The van der Waals surface area contributed by atoms with Crippen LogP contribution in [0, 0.1) is 7.43 Å². The number of nitrogens with zero attached hydrogens (tertiary/aromatic N) is 7. The molecule has 1 amide bonds. The van der Waals surface area contributed by atoms with Crippen LogP contribution in [0.4, 0.5) is 0 Å². The Morgan fingerprint density at radius 2 is 0.900 bits per heavy atom. The molecule has 0 aromatic carbocycles. The maximum absolute atomic E-state index is 12.8. The van der Waals surface area contributed by atoms with Crippen molar-refractivity contribution in [2.45, 2.75) is 33.6 Å². The molecule has 12 heteroatoms. The van der Waals surface area contributed by atoms with Crippen LogP contribution in [-0.4, -0.2) is 51.8 Å². The third-order valence-electron chi connectivity index (χ3n) is 6.36. The quantitative estimate of drug-likeness (QED) is 0.150. The van der Waals surface area contributed by atoms with E-state index in [-0.39, 0.29) is 47.4 Å². The van der Waals surface area contributed by atoms with Gasteiger partial charge in [0.15, 0.2) is 0 Å². The molecule has 0 atom stereocenters. The minimum Gasteiger partial charge on any atom is -0.478 e. The summed E-state index contributed by atoms with van der Waals surface area (Å²) in [6.45, 7) is 2.41. The number of hydrogen-bond donors (Lipinski definition) is 2. The Kier molecular flexibility index (Phi) is 20.9. The number of carbonyl (C=O) groups excluding carboxylic acids is 1. The molecular weight excluding hydrogens is 800 g/mol. The third-order valence-corrected chi connectivity index (χ3v) is 6.36. The summed E-state index contributed by atoms with van der Waals surface area (Å²) in [6, 6.07) is 29.5. The van der Waals surface area contributed by atoms with Crippen molar-refractivity contribution in [1.82, 2.24) is 40.1 Å². The molecule has 6 aromatic rings. The van der Waals surface area contributed by atoms with Crippen molar-refractivity contribution in [1.29, 1.82) is 0 Å². The summed E-state index contributed by atoms with van der Waals surface area (Å²) in [5.74, 6) is -0.985. The average molecular weight is 842 g/mol. The molecule has 0 aliphatic heterocycles. The van der Waals surface area contributed by atoms with Gasteiger partial charge in [-0.15, -0.1) is 0 Å². The van der Waals surface area contributed by atoms with Gasteiger partial charge in [-0.2, -0.15) is 0 Å². The van der Waals surface area contributed by atoms with Crippen LogP contribution in [0.15, 0.2) is 147 Å². The van der Waals surface area contributed by atoms with E-state index in [1.54, 1.807) is 54.2 Å². The molecule has 258 valence electrons. The first kappa shape index (κ1) is 42.5. The van der Waals surface area contributed by atoms with Gasteiger partial charge >= 0.3 is 5.97 Å². The molecule has 0 saturated heterocycles. The zero-order chi connectivity index (χ0) is 32.9. The van der Waals surface area contributed by atoms with Gasteiger partial charge < -0.3 is 22.7 Å². The SMILES string of the molecule is C.O=C(O)c1ccncc1.O=C(c1ccncc1)N(Cc1ccccn1)Cc1ccccn1.[CH3-].[W].c1ccc(CNCc2ccccn2)nc1. The molecule has 50 heavy (non-hydrogen) atoms. The van der Waals surface area contributed by atoms with Gasteiger partial charge in [-0.1, -0.05) is 31.7 Å². The van der Waals surface area contributed by atoms with Crippen LogP contribution in [0.1, 0.15) is 50.9 Å². The standard InChI is InChI=1S/C18H16N4O.C12H13N3.C6H5NO2.CH4.CH3.W/c23-18(15-7-11-19-12-8-15)22(13-16-5-1-3-9-20-16)14-17-6-2-4-10-21-17;1-3-7-14-11(5-1)9-13-10-12-6-2-4-8-15-12;8-6(9)5-1-3-7-4-2-5;;;/h1-12H,13-14H2;1-8,13H,9-10H2;1-4H,(H,8,9);1H4;1H3;/q;;;;-1;. The number of pyridine rings is 6. The van der Waals surface area contributed by atoms with Gasteiger partial charge in [0.05, 0.1) is 41.4 Å². The molecule has 0 radical (unpaired) electrons. The first-order chi connectivity index (χ1) is 23.1. The van der Waals surface area contributed by atoms with E-state index >= 15 is 0 Å². The van der Waals surface area contributed by atoms with Gasteiger partial charge in [0.25, 0.3) is 5.91 Å². The molecule has 0 aliphatic carbocycles. The van der Waals surface area contributed by atoms with Crippen molar-refractivity contribution < 1.29 is 35.8 Å². The van der Waals surface area contributed by atoms with E-state index in [0.717, 1.165) is 35.9 Å². The van der Waals surface area contributed by atoms with E-state index in [1.165, 1.54) is 24.5 Å². The molecule has 0 fully saturated rings. The molecular formula is C38H41N8O3W-. The number of aromatic carboxylic acids is 1. The number of carbonyl (C=O) groups is 2. The summed E-state index contributed by atoms with van der Waals surface area (Å²) < 4.78 is 0. The van der Waals surface area contributed by atoms with Gasteiger partial charge in [0, 0.05) is 89.3 Å². The zero-order valence-corrected chi connectivity index (χ0v) is 29.9. The fourth-order valence-electron chi connectivity index (χ4n) is 4.07. The Labute approximate surface area is 308 Å². The number of carboxylic acids is 1. The monoisotopic (exact) mass is 841 g/mol. The second-order valence-corrected chi connectivity index (χ2v) is 9.83. The van der Waals surface area contributed by atoms with Crippen LogP contribution in [0.3, 0.4) is 0 Å². The van der Waals surface area contributed by atoms with Crippen LogP contribution in [0.25, 0.3) is 0 Å². The van der Waals surface area contributed by atoms with Crippen LogP contribution < -0.4 is 5.32 Å². The molecule has 0 saturated carbocycles. The van der Waals surface area contributed by atoms with Crippen molar-refractivity contribution >= 4 is 11.9 Å². The first-order valence-electron chi connectivity index (χ1n) is 14.7. The number of hydrogen-bond acceptors (Lipinski definition) is 9. The van der Waals surface area contributed by atoms with Crippen LogP contribution >= 0.6 is 0 Å². The van der Waals surface area contributed by atoms with Crippen molar-refractivity contribution in [2.24, 2.45) is 0 Å². The van der Waals surface area contributed by atoms with E-state index in [4.69, 9.17) is 5.11 Å². The molecule has 2 N–H and O–H groups in total. The topological polar surface area (TPSA) is 147 Å².